The van der Waals surface area contributed by atoms with Crippen molar-refractivity contribution in [3.8, 4) is 0 Å². The first kappa shape index (κ1) is 15.3. The Morgan fingerprint density at radius 2 is 2.25 bits per heavy atom. The third-order valence-electron chi connectivity index (χ3n) is 3.73. The van der Waals surface area contributed by atoms with Gasteiger partial charge in [0.2, 0.25) is 0 Å². The van der Waals surface area contributed by atoms with Crippen molar-refractivity contribution in [2.45, 2.75) is 25.5 Å². The number of likely N-dealkylation sites (N-methyl/N-ethyl adjacent to an activating group) is 1. The number of ether oxygens (including phenoxy) is 1. The van der Waals surface area contributed by atoms with Gasteiger partial charge in [-0.25, -0.2) is 8.78 Å². The van der Waals surface area contributed by atoms with Gasteiger partial charge in [-0.05, 0) is 30.7 Å². The predicted molar refractivity (Wildman–Crippen MR) is 73.0 cm³/mol. The molecule has 0 bridgehead atoms. The molecule has 0 aromatic heterocycles. The SMILES string of the molecule is CCN1CCOC(C(Cc2ccc(F)c(F)c2)NN)C1. The maximum Gasteiger partial charge on any atom is 0.159 e. The highest BCUT2D eigenvalue weighted by Gasteiger charge is 2.27. The van der Waals surface area contributed by atoms with Crippen molar-refractivity contribution >= 4 is 0 Å². The molecule has 3 N–H and O–H groups in total. The van der Waals surface area contributed by atoms with Crippen molar-refractivity contribution in [2.75, 3.05) is 26.2 Å². The molecule has 6 heteroatoms. The number of nitrogens with one attached hydrogen (secondary N) is 1. The molecule has 1 saturated heterocycles. The lowest BCUT2D eigenvalue weighted by Crippen LogP contribution is -2.54. The Morgan fingerprint density at radius 1 is 1.45 bits per heavy atom. The molecular weight excluding hydrogens is 264 g/mol. The smallest absolute Gasteiger partial charge is 0.159 e. The Morgan fingerprint density at radius 3 is 2.90 bits per heavy atom. The molecule has 0 spiro atoms. The third-order valence-corrected chi connectivity index (χ3v) is 3.73. The molecule has 1 aliphatic rings. The van der Waals surface area contributed by atoms with Gasteiger partial charge >= 0.3 is 0 Å². The molecule has 2 unspecified atom stereocenters. The maximum atomic E-state index is 13.2. The Kier molecular flexibility index (Phi) is 5.42. The van der Waals surface area contributed by atoms with Crippen LogP contribution in [0.1, 0.15) is 12.5 Å². The number of benzene rings is 1. The van der Waals surface area contributed by atoms with Crippen molar-refractivity contribution in [1.29, 1.82) is 0 Å². The number of hydrogen-bond donors (Lipinski definition) is 2. The van der Waals surface area contributed by atoms with E-state index in [1.807, 2.05) is 0 Å². The molecule has 1 heterocycles. The van der Waals surface area contributed by atoms with Crippen LogP contribution < -0.4 is 11.3 Å². The molecule has 1 fully saturated rings. The summed E-state index contributed by atoms with van der Waals surface area (Å²) in [5.41, 5.74) is 3.43. The minimum absolute atomic E-state index is 0.0539. The summed E-state index contributed by atoms with van der Waals surface area (Å²) in [6.45, 7) is 5.42. The van der Waals surface area contributed by atoms with Crippen molar-refractivity contribution in [3.63, 3.8) is 0 Å². The summed E-state index contributed by atoms with van der Waals surface area (Å²) in [5.74, 6) is 3.92. The number of nitrogens with zero attached hydrogens (tertiary/aromatic N) is 1. The minimum Gasteiger partial charge on any atom is -0.374 e. The fraction of sp³-hybridized carbons (Fsp3) is 0.571. The van der Waals surface area contributed by atoms with E-state index in [4.69, 9.17) is 10.6 Å². The van der Waals surface area contributed by atoms with Crippen LogP contribution in [0, 0.1) is 11.6 Å². The second kappa shape index (κ2) is 7.08. The van der Waals surface area contributed by atoms with E-state index >= 15 is 0 Å². The van der Waals surface area contributed by atoms with Gasteiger partial charge in [0, 0.05) is 13.1 Å². The third kappa shape index (κ3) is 3.73. The lowest BCUT2D eigenvalue weighted by molar-refractivity contribution is -0.0448. The highest BCUT2D eigenvalue weighted by Crippen LogP contribution is 2.15. The van der Waals surface area contributed by atoms with Crippen molar-refractivity contribution in [3.05, 3.63) is 35.4 Å². The summed E-state index contributed by atoms with van der Waals surface area (Å²) >= 11 is 0. The summed E-state index contributed by atoms with van der Waals surface area (Å²) in [6.07, 6.45) is 0.442. The highest BCUT2D eigenvalue weighted by atomic mass is 19.2. The van der Waals surface area contributed by atoms with Gasteiger partial charge in [-0.3, -0.25) is 16.2 Å². The number of nitrogens with two attached hydrogens (primary N) is 1. The molecule has 20 heavy (non-hydrogen) atoms. The fourth-order valence-corrected chi connectivity index (χ4v) is 2.48. The van der Waals surface area contributed by atoms with Gasteiger partial charge in [-0.2, -0.15) is 0 Å². The fourth-order valence-electron chi connectivity index (χ4n) is 2.48. The maximum absolute atomic E-state index is 13.2. The number of morpholine rings is 1. The van der Waals surface area contributed by atoms with Crippen LogP contribution in [0.5, 0.6) is 0 Å². The zero-order valence-corrected chi connectivity index (χ0v) is 11.6. The average Bonchev–Trinajstić information content (AvgIpc) is 2.48. The first-order valence-electron chi connectivity index (χ1n) is 6.88. The molecule has 0 amide bonds. The van der Waals surface area contributed by atoms with Crippen molar-refractivity contribution in [2.24, 2.45) is 5.84 Å². The molecule has 4 nitrogen and oxygen atoms in total. The quantitative estimate of drug-likeness (QED) is 0.627. The summed E-state index contributed by atoms with van der Waals surface area (Å²) in [6, 6.07) is 3.79. The van der Waals surface area contributed by atoms with Gasteiger partial charge in [0.05, 0.1) is 18.8 Å². The molecule has 1 aromatic rings. The van der Waals surface area contributed by atoms with Crippen LogP contribution in [0.3, 0.4) is 0 Å². The number of hydrogen-bond acceptors (Lipinski definition) is 4. The van der Waals surface area contributed by atoms with E-state index in [1.54, 1.807) is 6.07 Å². The topological polar surface area (TPSA) is 50.5 Å². The molecule has 2 rings (SSSR count). The van der Waals surface area contributed by atoms with Crippen LogP contribution in [0.15, 0.2) is 18.2 Å². The van der Waals surface area contributed by atoms with Gasteiger partial charge in [0.15, 0.2) is 11.6 Å². The summed E-state index contributed by atoms with van der Waals surface area (Å²) in [5, 5.41) is 0. The second-order valence-electron chi connectivity index (χ2n) is 5.03. The molecule has 2 atom stereocenters. The first-order chi connectivity index (χ1) is 9.63. The van der Waals surface area contributed by atoms with E-state index < -0.39 is 11.6 Å². The Hall–Kier alpha value is -1.08. The first-order valence-corrected chi connectivity index (χ1v) is 6.88. The van der Waals surface area contributed by atoms with Crippen molar-refractivity contribution < 1.29 is 13.5 Å². The molecular formula is C14H21F2N3O. The van der Waals surface area contributed by atoms with Crippen molar-refractivity contribution in [1.82, 2.24) is 10.3 Å². The standard InChI is InChI=1S/C14H21F2N3O/c1-2-19-5-6-20-14(9-19)13(18-17)8-10-3-4-11(15)12(16)7-10/h3-4,7,13-14,18H,2,5-6,8-9,17H2,1H3. The minimum atomic E-state index is -0.836. The predicted octanol–water partition coefficient (Wildman–Crippen LogP) is 1.06. The van der Waals surface area contributed by atoms with Gasteiger partial charge in [0.1, 0.15) is 0 Å². The van der Waals surface area contributed by atoms with E-state index in [-0.39, 0.29) is 12.1 Å². The number of rotatable bonds is 5. The van der Waals surface area contributed by atoms with Crippen LogP contribution in [-0.2, 0) is 11.2 Å². The monoisotopic (exact) mass is 285 g/mol. The molecule has 0 aliphatic carbocycles. The van der Waals surface area contributed by atoms with Crippen LogP contribution >= 0.6 is 0 Å². The Bertz CT molecular complexity index is 444. The molecule has 1 aliphatic heterocycles. The van der Waals surface area contributed by atoms with Gasteiger partial charge in [-0.1, -0.05) is 13.0 Å². The second-order valence-corrected chi connectivity index (χ2v) is 5.03. The van der Waals surface area contributed by atoms with E-state index in [1.165, 1.54) is 6.07 Å². The Labute approximate surface area is 117 Å². The van der Waals surface area contributed by atoms with Crippen LogP contribution in [0.25, 0.3) is 0 Å². The summed E-state index contributed by atoms with van der Waals surface area (Å²) in [4.78, 5) is 2.28. The molecule has 0 radical (unpaired) electrons. The lowest BCUT2D eigenvalue weighted by atomic mass is 10.0. The summed E-state index contributed by atoms with van der Waals surface area (Å²) in [7, 11) is 0. The van der Waals surface area contributed by atoms with E-state index in [2.05, 4.69) is 17.2 Å². The van der Waals surface area contributed by atoms with Crippen LogP contribution in [-0.4, -0.2) is 43.3 Å². The number of halogens is 2. The zero-order valence-electron chi connectivity index (χ0n) is 11.6. The molecule has 112 valence electrons. The normalized spacial score (nSPS) is 21.9. The van der Waals surface area contributed by atoms with E-state index in [0.29, 0.717) is 18.6 Å². The molecule has 0 saturated carbocycles. The average molecular weight is 285 g/mol. The van der Waals surface area contributed by atoms with Gasteiger partial charge in [0.25, 0.3) is 0 Å². The van der Waals surface area contributed by atoms with Crippen LogP contribution in [0.2, 0.25) is 0 Å². The summed E-state index contributed by atoms with van der Waals surface area (Å²) < 4.78 is 31.9. The lowest BCUT2D eigenvalue weighted by Gasteiger charge is -2.36. The molecule has 1 aromatic carbocycles. The highest BCUT2D eigenvalue weighted by molar-refractivity contribution is 5.19. The Balaban J connectivity index is 2.02. The van der Waals surface area contributed by atoms with E-state index in [9.17, 15) is 8.78 Å². The van der Waals surface area contributed by atoms with E-state index in [0.717, 1.165) is 25.7 Å². The van der Waals surface area contributed by atoms with Crippen LogP contribution in [0.4, 0.5) is 8.78 Å². The zero-order chi connectivity index (χ0) is 14.5. The number of hydrazine groups is 1. The largest absolute Gasteiger partial charge is 0.374 e. The van der Waals surface area contributed by atoms with Gasteiger partial charge in [-0.15, -0.1) is 0 Å². The van der Waals surface area contributed by atoms with Gasteiger partial charge < -0.3 is 4.74 Å².